The highest BCUT2D eigenvalue weighted by atomic mass is 79.9. The minimum absolute atomic E-state index is 0.159. The van der Waals surface area contributed by atoms with Gasteiger partial charge in [-0.15, -0.1) is 0 Å². The second-order valence-corrected chi connectivity index (χ2v) is 18.9. The van der Waals surface area contributed by atoms with E-state index in [4.69, 9.17) is 10.1 Å². The number of fused-ring (bicyclic) bond motifs is 4. The fourth-order valence-electron chi connectivity index (χ4n) is 9.04. The van der Waals surface area contributed by atoms with E-state index in [-0.39, 0.29) is 37.5 Å². The molecule has 16 heteroatoms. The molecular formula is C48H78BrN9O6. The van der Waals surface area contributed by atoms with Gasteiger partial charge in [0, 0.05) is 85.3 Å². The first-order chi connectivity index (χ1) is 31.3. The molecule has 15 nitrogen and oxygen atoms in total. The van der Waals surface area contributed by atoms with Crippen LogP contribution in [-0.2, 0) is 40.6 Å². The van der Waals surface area contributed by atoms with Gasteiger partial charge >= 0.3 is 0 Å². The summed E-state index contributed by atoms with van der Waals surface area (Å²) in [7, 11) is 0. The Balaban J connectivity index is 0.000000231. The van der Waals surface area contributed by atoms with E-state index in [9.17, 15) is 24.6 Å². The smallest absolute Gasteiger partial charge is 0.236 e. The van der Waals surface area contributed by atoms with Gasteiger partial charge in [0.2, 0.25) is 17.7 Å². The molecule has 3 amide bonds. The molecule has 2 aromatic heterocycles. The molecule has 7 heterocycles. The van der Waals surface area contributed by atoms with Gasteiger partial charge in [0.25, 0.3) is 0 Å². The number of aliphatic hydroxyl groups excluding tert-OH is 3. The molecule has 4 bridgehead atoms. The second kappa shape index (κ2) is 29.5. The van der Waals surface area contributed by atoms with E-state index in [1.54, 1.807) is 0 Å². The van der Waals surface area contributed by atoms with Crippen molar-refractivity contribution in [3.63, 3.8) is 0 Å². The van der Waals surface area contributed by atoms with Gasteiger partial charge < -0.3 is 40.7 Å². The molecule has 3 fully saturated rings. The largest absolute Gasteiger partial charge is 0.396 e. The Morgan fingerprint density at radius 2 is 0.875 bits per heavy atom. The Bertz CT molecular complexity index is 1560. The Kier molecular flexibility index (Phi) is 23.9. The Hall–Kier alpha value is -3.09. The number of pyridine rings is 2. The molecule has 0 unspecified atom stereocenters. The molecule has 0 spiro atoms. The minimum Gasteiger partial charge on any atom is -0.396 e. The van der Waals surface area contributed by atoms with Crippen LogP contribution in [0.2, 0.25) is 0 Å². The highest BCUT2D eigenvalue weighted by Gasteiger charge is 2.26. The number of hydrogen-bond donors (Lipinski definition) is 5. The summed E-state index contributed by atoms with van der Waals surface area (Å²) in [6.07, 6.45) is 12.3. The predicted octanol–water partition coefficient (Wildman–Crippen LogP) is 3.39. The molecule has 0 radical (unpaired) electrons. The molecule has 0 aliphatic carbocycles. The van der Waals surface area contributed by atoms with Crippen molar-refractivity contribution in [2.24, 2.45) is 17.8 Å². The zero-order chi connectivity index (χ0) is 45.4. The van der Waals surface area contributed by atoms with Crippen LogP contribution < -0.4 is 10.6 Å². The van der Waals surface area contributed by atoms with Crippen molar-refractivity contribution in [2.45, 2.75) is 103 Å². The topological polar surface area (TPSA) is 178 Å². The molecule has 7 rings (SSSR count). The molecule has 0 aromatic carbocycles. The van der Waals surface area contributed by atoms with Gasteiger partial charge in [-0.2, -0.15) is 0 Å². The van der Waals surface area contributed by atoms with Crippen LogP contribution in [0.4, 0.5) is 0 Å². The number of piperidine rings is 3. The van der Waals surface area contributed by atoms with E-state index in [0.717, 1.165) is 159 Å². The van der Waals surface area contributed by atoms with E-state index in [1.165, 1.54) is 19.3 Å². The highest BCUT2D eigenvalue weighted by molar-refractivity contribution is 9.09. The van der Waals surface area contributed by atoms with Gasteiger partial charge in [0.05, 0.1) is 41.2 Å². The van der Waals surface area contributed by atoms with Crippen LogP contribution in [0.1, 0.15) is 99.8 Å². The highest BCUT2D eigenvalue weighted by Crippen LogP contribution is 2.20. The van der Waals surface area contributed by atoms with E-state index in [0.29, 0.717) is 49.3 Å². The van der Waals surface area contributed by atoms with Crippen molar-refractivity contribution in [1.29, 1.82) is 0 Å². The maximum Gasteiger partial charge on any atom is 0.236 e. The van der Waals surface area contributed by atoms with Gasteiger partial charge in [-0.3, -0.25) is 34.2 Å². The monoisotopic (exact) mass is 956 g/mol. The summed E-state index contributed by atoms with van der Waals surface area (Å²) >= 11 is 3.14. The zero-order valence-corrected chi connectivity index (χ0v) is 40.0. The molecule has 358 valence electrons. The van der Waals surface area contributed by atoms with Crippen LogP contribution in [0.3, 0.4) is 0 Å². The number of amides is 3. The fraction of sp³-hybridized carbons (Fsp3) is 0.729. The minimum atomic E-state index is 0.159. The lowest BCUT2D eigenvalue weighted by Crippen LogP contribution is -2.45. The number of carbonyl (C=O) groups excluding carboxylic acids is 3. The first kappa shape index (κ1) is 51.9. The van der Waals surface area contributed by atoms with Gasteiger partial charge in [0.15, 0.2) is 0 Å². The number of carbonyl (C=O) groups is 3. The third-order valence-electron chi connectivity index (χ3n) is 13.3. The van der Waals surface area contributed by atoms with Crippen LogP contribution in [0.15, 0.2) is 36.4 Å². The summed E-state index contributed by atoms with van der Waals surface area (Å²) in [5, 5.41) is 34.9. The molecule has 3 saturated heterocycles. The molecule has 5 aliphatic rings. The van der Waals surface area contributed by atoms with Gasteiger partial charge in [-0.1, -0.05) is 40.9 Å². The fourth-order valence-corrected chi connectivity index (χ4v) is 9.39. The van der Waals surface area contributed by atoms with Gasteiger partial charge in [-0.25, -0.2) is 0 Å². The summed E-state index contributed by atoms with van der Waals surface area (Å²) in [5.74, 6) is 1.56. The molecule has 0 saturated carbocycles. The normalized spacial score (nSPS) is 20.8. The quantitative estimate of drug-likeness (QED) is 0.244. The average molecular weight is 957 g/mol. The van der Waals surface area contributed by atoms with E-state index in [2.05, 4.69) is 59.5 Å². The van der Waals surface area contributed by atoms with E-state index < -0.39 is 0 Å². The number of likely N-dealkylation sites (tertiary alicyclic amines) is 3. The lowest BCUT2D eigenvalue weighted by Gasteiger charge is -2.33. The molecule has 0 atom stereocenters. The van der Waals surface area contributed by atoms with Crippen molar-refractivity contribution in [2.75, 3.05) is 104 Å². The Labute approximate surface area is 390 Å². The number of nitrogens with zero attached hydrogens (tertiary/aromatic N) is 7. The van der Waals surface area contributed by atoms with Gasteiger partial charge in [-0.05, 0) is 132 Å². The third kappa shape index (κ3) is 18.7. The molecule has 5 aliphatic heterocycles. The van der Waals surface area contributed by atoms with Crippen molar-refractivity contribution in [3.8, 4) is 0 Å². The third-order valence-corrected chi connectivity index (χ3v) is 13.8. The summed E-state index contributed by atoms with van der Waals surface area (Å²) in [4.78, 5) is 56.9. The van der Waals surface area contributed by atoms with Crippen molar-refractivity contribution in [1.82, 2.24) is 45.1 Å². The predicted molar refractivity (Wildman–Crippen MR) is 253 cm³/mol. The number of nitrogens with one attached hydrogen (secondary N) is 2. The number of halogens is 1. The standard InChI is InChI=1S/C28H45N5O4.C12H19N3.C8H14BrNO2/c34-21-23-7-13-32(14-8-23)27(36)19-30-11-2-1-3-12-31(18-26-6-4-5-25(17-30)29-26)20-28(37)33-15-9-24(22-35)10-16-33;1-2-7-13-9-11-5-4-6-12(15-11)10-14-8-3-1;9-5-8(12)10-3-1-7(6-11)2-4-10/h4-6,23-24,34-35H,1-3,7-22H2;4-6,13-14H,1-3,7-10H2;7,11H,1-6H2. The Morgan fingerprint density at radius 1 is 0.516 bits per heavy atom. The first-order valence-electron chi connectivity index (χ1n) is 24.2. The van der Waals surface area contributed by atoms with E-state index in [1.807, 2.05) is 32.9 Å². The van der Waals surface area contributed by atoms with Crippen molar-refractivity contribution in [3.05, 3.63) is 59.2 Å². The van der Waals surface area contributed by atoms with Crippen LogP contribution in [0, 0.1) is 17.8 Å². The second-order valence-electron chi connectivity index (χ2n) is 18.3. The summed E-state index contributed by atoms with van der Waals surface area (Å²) in [5.41, 5.74) is 4.22. The molecule has 5 N–H and O–H groups in total. The lowest BCUT2D eigenvalue weighted by molar-refractivity contribution is -0.134. The number of hydrogen-bond acceptors (Lipinski definition) is 12. The zero-order valence-electron chi connectivity index (χ0n) is 38.4. The SMILES string of the molecule is O=C(CBr)N1CCC(CO)CC1.O=C(CN1CCCCCN(CC(=O)N2CCC(CO)CC2)Cc2cccc(n2)C1)N1CCC(CO)CC1.c1cc2nc(c1)CNCCCCCNC2. The summed E-state index contributed by atoms with van der Waals surface area (Å²) < 4.78 is 0. The maximum atomic E-state index is 13.0. The number of aromatic nitrogens is 2. The number of aliphatic hydroxyl groups is 3. The van der Waals surface area contributed by atoms with Gasteiger partial charge in [0.1, 0.15) is 0 Å². The molecular weight excluding hydrogens is 878 g/mol. The number of rotatable bonds is 8. The van der Waals surface area contributed by atoms with Crippen molar-refractivity contribution >= 4 is 33.7 Å². The summed E-state index contributed by atoms with van der Waals surface area (Å²) in [6.45, 7) is 13.0. The molecule has 64 heavy (non-hydrogen) atoms. The van der Waals surface area contributed by atoms with Crippen LogP contribution in [0.5, 0.6) is 0 Å². The van der Waals surface area contributed by atoms with Crippen LogP contribution >= 0.6 is 15.9 Å². The number of alkyl halides is 1. The van der Waals surface area contributed by atoms with E-state index >= 15 is 0 Å². The first-order valence-corrected chi connectivity index (χ1v) is 25.4. The summed E-state index contributed by atoms with van der Waals surface area (Å²) in [6, 6.07) is 12.3. The van der Waals surface area contributed by atoms with Crippen LogP contribution in [-0.4, -0.2) is 171 Å². The maximum absolute atomic E-state index is 13.0. The van der Waals surface area contributed by atoms with Crippen LogP contribution in [0.25, 0.3) is 0 Å². The molecule has 2 aromatic rings. The average Bonchev–Trinajstić information content (AvgIpc) is 3.33. The Morgan fingerprint density at radius 3 is 1.27 bits per heavy atom. The van der Waals surface area contributed by atoms with Crippen molar-refractivity contribution < 1.29 is 29.7 Å². The lowest BCUT2D eigenvalue weighted by atomic mass is 9.98.